The van der Waals surface area contributed by atoms with Gasteiger partial charge in [-0.25, -0.2) is 0 Å². The number of hydrogen-bond donors (Lipinski definition) is 5. The van der Waals surface area contributed by atoms with E-state index in [9.17, 15) is 15.3 Å². The first-order chi connectivity index (χ1) is 12.1. The molecule has 0 aromatic rings. The minimum atomic E-state index is -1.37. The van der Waals surface area contributed by atoms with Crippen LogP contribution in [0.3, 0.4) is 0 Å². The average molecular weight is 363 g/mol. The average Bonchev–Trinajstić information content (AvgIpc) is 2.62. The highest BCUT2D eigenvalue weighted by Gasteiger charge is 2.43. The summed E-state index contributed by atoms with van der Waals surface area (Å²) < 4.78 is 10.8. The highest BCUT2D eigenvalue weighted by molar-refractivity contribution is 4.88. The van der Waals surface area contributed by atoms with E-state index in [1.165, 1.54) is 38.5 Å². The molecule has 7 nitrogen and oxygen atoms in total. The highest BCUT2D eigenvalue weighted by atomic mass is 16.7. The van der Waals surface area contributed by atoms with Crippen LogP contribution >= 0.6 is 0 Å². The van der Waals surface area contributed by atoms with Crippen molar-refractivity contribution in [2.45, 2.75) is 94.9 Å². The topological polar surface area (TPSA) is 125 Å². The molecule has 25 heavy (non-hydrogen) atoms. The summed E-state index contributed by atoms with van der Waals surface area (Å²) in [5.41, 5.74) is 5.46. The van der Waals surface area contributed by atoms with E-state index in [0.717, 1.165) is 32.2 Å². The number of aliphatic hydroxyl groups excluding tert-OH is 4. The second-order valence-corrected chi connectivity index (χ2v) is 6.89. The van der Waals surface area contributed by atoms with E-state index in [4.69, 9.17) is 20.3 Å². The van der Waals surface area contributed by atoms with Crippen LogP contribution in [0.15, 0.2) is 0 Å². The Hall–Kier alpha value is -0.280. The van der Waals surface area contributed by atoms with E-state index < -0.39 is 37.3 Å². The van der Waals surface area contributed by atoms with Gasteiger partial charge >= 0.3 is 0 Å². The van der Waals surface area contributed by atoms with Gasteiger partial charge in [0.15, 0.2) is 6.29 Å². The quantitative estimate of drug-likeness (QED) is 0.287. The molecule has 0 aliphatic carbocycles. The molecule has 7 heteroatoms. The number of rotatable bonds is 14. The van der Waals surface area contributed by atoms with Crippen LogP contribution in [0.4, 0.5) is 0 Å². The van der Waals surface area contributed by atoms with Crippen LogP contribution in [-0.2, 0) is 9.47 Å². The Morgan fingerprint density at radius 1 is 0.720 bits per heavy atom. The minimum Gasteiger partial charge on any atom is -0.394 e. The van der Waals surface area contributed by atoms with E-state index in [-0.39, 0.29) is 0 Å². The molecule has 0 aromatic carbocycles. The van der Waals surface area contributed by atoms with Crippen molar-refractivity contribution < 1.29 is 29.9 Å². The second-order valence-electron chi connectivity index (χ2n) is 6.89. The van der Waals surface area contributed by atoms with E-state index in [1.54, 1.807) is 0 Å². The summed E-state index contributed by atoms with van der Waals surface area (Å²) in [7, 11) is 0. The van der Waals surface area contributed by atoms with Crippen LogP contribution in [0, 0.1) is 0 Å². The van der Waals surface area contributed by atoms with Crippen molar-refractivity contribution in [1.82, 2.24) is 0 Å². The zero-order valence-corrected chi connectivity index (χ0v) is 15.3. The first kappa shape index (κ1) is 22.8. The number of unbranched alkanes of at least 4 members (excludes halogenated alkanes) is 9. The maximum Gasteiger partial charge on any atom is 0.186 e. The molecular formula is C18H37NO6. The molecule has 150 valence electrons. The van der Waals surface area contributed by atoms with Gasteiger partial charge < -0.3 is 35.6 Å². The lowest BCUT2D eigenvalue weighted by Crippen LogP contribution is -2.59. The van der Waals surface area contributed by atoms with Crippen LogP contribution in [0.1, 0.15) is 64.2 Å². The third-order valence-corrected chi connectivity index (χ3v) is 4.73. The molecule has 1 rings (SSSR count). The first-order valence-corrected chi connectivity index (χ1v) is 9.74. The summed E-state index contributed by atoms with van der Waals surface area (Å²) in [6.07, 6.45) is 5.82. The molecule has 5 atom stereocenters. The first-order valence-electron chi connectivity index (χ1n) is 9.74. The van der Waals surface area contributed by atoms with Gasteiger partial charge in [0, 0.05) is 6.61 Å². The van der Waals surface area contributed by atoms with Crippen molar-refractivity contribution in [3.05, 3.63) is 0 Å². The molecule has 0 unspecified atom stereocenters. The Morgan fingerprint density at radius 2 is 1.24 bits per heavy atom. The molecule has 0 aromatic heterocycles. The van der Waals surface area contributed by atoms with Gasteiger partial charge in [-0.15, -0.1) is 0 Å². The van der Waals surface area contributed by atoms with Crippen LogP contribution in [0.5, 0.6) is 0 Å². The Morgan fingerprint density at radius 3 is 1.76 bits per heavy atom. The predicted octanol–water partition coefficient (Wildman–Crippen LogP) is 0.663. The summed E-state index contributed by atoms with van der Waals surface area (Å²) in [6, 6.07) is 0. The molecule has 1 saturated heterocycles. The minimum absolute atomic E-state index is 0.418. The van der Waals surface area contributed by atoms with Gasteiger partial charge in [0.25, 0.3) is 0 Å². The van der Waals surface area contributed by atoms with Gasteiger partial charge in [0.1, 0.15) is 24.4 Å². The van der Waals surface area contributed by atoms with Crippen molar-refractivity contribution in [3.8, 4) is 0 Å². The van der Waals surface area contributed by atoms with Crippen LogP contribution in [0.25, 0.3) is 0 Å². The lowest BCUT2D eigenvalue weighted by atomic mass is 9.99. The van der Waals surface area contributed by atoms with Crippen molar-refractivity contribution in [1.29, 1.82) is 0 Å². The van der Waals surface area contributed by atoms with Gasteiger partial charge in [-0.1, -0.05) is 51.4 Å². The van der Waals surface area contributed by atoms with Crippen LogP contribution < -0.4 is 5.73 Å². The van der Waals surface area contributed by atoms with Crippen LogP contribution in [-0.4, -0.2) is 70.9 Å². The third-order valence-electron chi connectivity index (χ3n) is 4.73. The largest absolute Gasteiger partial charge is 0.394 e. The summed E-state index contributed by atoms with van der Waals surface area (Å²) in [6.45, 7) is 0.782. The van der Waals surface area contributed by atoms with Gasteiger partial charge in [-0.05, 0) is 19.4 Å². The van der Waals surface area contributed by atoms with Crippen molar-refractivity contribution in [2.75, 3.05) is 19.8 Å². The summed E-state index contributed by atoms with van der Waals surface area (Å²) >= 11 is 0. The Labute approximate surface area is 151 Å². The zero-order chi connectivity index (χ0) is 18.5. The van der Waals surface area contributed by atoms with E-state index in [2.05, 4.69) is 0 Å². The van der Waals surface area contributed by atoms with E-state index >= 15 is 0 Å². The molecular weight excluding hydrogens is 326 g/mol. The van der Waals surface area contributed by atoms with Crippen molar-refractivity contribution >= 4 is 0 Å². The number of ether oxygens (including phenoxy) is 2. The second kappa shape index (κ2) is 13.9. The van der Waals surface area contributed by atoms with Gasteiger partial charge in [0.05, 0.1) is 6.61 Å². The maximum absolute atomic E-state index is 9.85. The summed E-state index contributed by atoms with van der Waals surface area (Å²) in [5, 5.41) is 38.3. The van der Waals surface area contributed by atoms with Gasteiger partial charge in [0.2, 0.25) is 0 Å². The lowest BCUT2D eigenvalue weighted by Gasteiger charge is -2.39. The molecule has 0 bridgehead atoms. The Kier molecular flexibility index (Phi) is 12.6. The standard InChI is InChI=1S/C18H37NO6/c19-11-9-7-5-3-1-2-4-6-8-10-12-24-18-17(23)16(22)15(21)14(13-20)25-18/h14-18,20-23H,1-13,19H2/t14-,15-,16+,17-,18-/m1/s1. The zero-order valence-electron chi connectivity index (χ0n) is 15.3. The summed E-state index contributed by atoms with van der Waals surface area (Å²) in [5.74, 6) is 0. The fourth-order valence-corrected chi connectivity index (χ4v) is 3.07. The number of nitrogens with two attached hydrogens (primary N) is 1. The molecule has 0 saturated carbocycles. The summed E-state index contributed by atoms with van der Waals surface area (Å²) in [4.78, 5) is 0. The molecule has 0 amide bonds. The molecule has 1 aliphatic heterocycles. The monoisotopic (exact) mass is 363 g/mol. The number of hydrogen-bond acceptors (Lipinski definition) is 7. The van der Waals surface area contributed by atoms with Gasteiger partial charge in [-0.2, -0.15) is 0 Å². The molecule has 1 aliphatic rings. The van der Waals surface area contributed by atoms with E-state index in [0.29, 0.717) is 6.61 Å². The molecule has 0 radical (unpaired) electrons. The lowest BCUT2D eigenvalue weighted by molar-refractivity contribution is -0.301. The normalized spacial score (nSPS) is 29.9. The molecule has 1 fully saturated rings. The van der Waals surface area contributed by atoms with Crippen molar-refractivity contribution in [3.63, 3.8) is 0 Å². The molecule has 1 heterocycles. The molecule has 6 N–H and O–H groups in total. The molecule has 0 spiro atoms. The Balaban J connectivity index is 1.99. The van der Waals surface area contributed by atoms with Crippen LogP contribution in [0.2, 0.25) is 0 Å². The fraction of sp³-hybridized carbons (Fsp3) is 1.00. The third kappa shape index (κ3) is 8.77. The predicted molar refractivity (Wildman–Crippen MR) is 94.9 cm³/mol. The Bertz CT molecular complexity index is 318. The van der Waals surface area contributed by atoms with E-state index in [1.807, 2.05) is 0 Å². The van der Waals surface area contributed by atoms with Gasteiger partial charge in [-0.3, -0.25) is 0 Å². The smallest absolute Gasteiger partial charge is 0.186 e. The SMILES string of the molecule is NCCCCCCCCCCCCO[C@@H]1O[C@H](CO)[C@@H](O)[C@H](O)[C@H]1O. The number of aliphatic hydroxyl groups is 4. The fourth-order valence-electron chi connectivity index (χ4n) is 3.07. The van der Waals surface area contributed by atoms with Crippen molar-refractivity contribution in [2.24, 2.45) is 5.73 Å². The maximum atomic E-state index is 9.85. The highest BCUT2D eigenvalue weighted by Crippen LogP contribution is 2.22.